The standard InChI is InChI=1S/C32H46N2O8/c1-6-34-15-29(16-42-27(35)17-9-7-8-10-20(17)33)12-11-22(39-3)31-19-13-18-21(38-2)14-30(36,23(19)24(18)40-4)32(37,28(31)34)26(41-5)25(29)31/h7-10,18-19,21-26,28,36-37H,6,11-16,33H2,1-5H3/t18-,19?,21+,22-,23?,24+,25?,26+,28?,29+,30-,31+,32-/m1/s1. The minimum Gasteiger partial charge on any atom is -0.461 e. The maximum absolute atomic E-state index is 13.4. The minimum absolute atomic E-state index is 0.00697. The van der Waals surface area contributed by atoms with Crippen LogP contribution in [-0.2, 0) is 23.7 Å². The summed E-state index contributed by atoms with van der Waals surface area (Å²) in [6.45, 7) is 3.54. The van der Waals surface area contributed by atoms with Crippen molar-refractivity contribution in [1.82, 2.24) is 4.90 Å². The smallest absolute Gasteiger partial charge is 0.340 e. The van der Waals surface area contributed by atoms with Gasteiger partial charge in [0.25, 0.3) is 0 Å². The second kappa shape index (κ2) is 9.60. The number of nitrogens with two attached hydrogens (primary N) is 1. The number of ether oxygens (including phenoxy) is 5. The number of hydrogen-bond acceptors (Lipinski definition) is 10. The highest BCUT2D eigenvalue weighted by Gasteiger charge is 2.91. The van der Waals surface area contributed by atoms with Crippen LogP contribution in [0.1, 0.15) is 43.0 Å². The Labute approximate surface area is 247 Å². The monoisotopic (exact) mass is 586 g/mol. The van der Waals surface area contributed by atoms with Gasteiger partial charge in [0, 0.05) is 75.7 Å². The summed E-state index contributed by atoms with van der Waals surface area (Å²) in [5.74, 6) is -0.892. The Balaban J connectivity index is 1.41. The molecule has 1 aliphatic heterocycles. The Morgan fingerprint density at radius 2 is 1.86 bits per heavy atom. The molecule has 5 aliphatic carbocycles. The van der Waals surface area contributed by atoms with Crippen molar-refractivity contribution in [3.63, 3.8) is 0 Å². The summed E-state index contributed by atoms with van der Waals surface area (Å²) in [4.78, 5) is 15.7. The van der Waals surface area contributed by atoms with Crippen molar-refractivity contribution in [2.45, 2.75) is 74.3 Å². The van der Waals surface area contributed by atoms with Crippen LogP contribution in [-0.4, -0.2) is 111 Å². The quantitative estimate of drug-likeness (QED) is 0.306. The number of fused-ring (bicyclic) bond motifs is 2. The molecule has 0 amide bonds. The van der Waals surface area contributed by atoms with Gasteiger partial charge < -0.3 is 39.6 Å². The molecule has 7 bridgehead atoms. The molecular weight excluding hydrogens is 540 g/mol. The van der Waals surface area contributed by atoms with Gasteiger partial charge in [0.2, 0.25) is 0 Å². The number of hydrogen-bond donors (Lipinski definition) is 3. The molecule has 1 saturated heterocycles. The highest BCUT2D eigenvalue weighted by molar-refractivity contribution is 5.95. The second-order valence-corrected chi connectivity index (χ2v) is 13.8. The Hall–Kier alpha value is -1.79. The first kappa shape index (κ1) is 29.0. The summed E-state index contributed by atoms with van der Waals surface area (Å²) >= 11 is 0. The fourth-order valence-corrected chi connectivity index (χ4v) is 12.0. The third kappa shape index (κ3) is 3.12. The summed E-state index contributed by atoms with van der Waals surface area (Å²) in [6.07, 6.45) is 1.22. The van der Waals surface area contributed by atoms with Crippen molar-refractivity contribution in [1.29, 1.82) is 0 Å². The van der Waals surface area contributed by atoms with E-state index in [2.05, 4.69) is 11.8 Å². The lowest BCUT2D eigenvalue weighted by molar-refractivity contribution is -0.320. The molecule has 10 heteroatoms. The van der Waals surface area contributed by atoms with Crippen molar-refractivity contribution >= 4 is 11.7 Å². The number of likely N-dealkylation sites (tertiary alicyclic amines) is 1. The zero-order chi connectivity index (χ0) is 29.8. The van der Waals surface area contributed by atoms with Gasteiger partial charge in [0.15, 0.2) is 0 Å². The van der Waals surface area contributed by atoms with Gasteiger partial charge in [0.05, 0.1) is 42.6 Å². The van der Waals surface area contributed by atoms with E-state index in [0.29, 0.717) is 30.8 Å². The molecule has 0 aromatic heterocycles. The predicted octanol–water partition coefficient (Wildman–Crippen LogP) is 1.72. The Morgan fingerprint density at radius 1 is 1.10 bits per heavy atom. The topological polar surface area (TPSA) is 133 Å². The molecule has 1 spiro atoms. The fraction of sp³-hybridized carbons (Fsp3) is 0.781. The number of likely N-dealkylation sites (N-methyl/N-ethyl adjacent to an activating group) is 1. The maximum Gasteiger partial charge on any atom is 0.340 e. The second-order valence-electron chi connectivity index (χ2n) is 13.8. The number of piperidine rings is 1. The number of esters is 1. The van der Waals surface area contributed by atoms with Crippen LogP contribution in [0, 0.1) is 34.5 Å². The maximum atomic E-state index is 13.4. The van der Waals surface area contributed by atoms with Crippen LogP contribution in [0.5, 0.6) is 0 Å². The van der Waals surface area contributed by atoms with E-state index in [9.17, 15) is 15.0 Å². The van der Waals surface area contributed by atoms with E-state index in [1.54, 1.807) is 52.7 Å². The van der Waals surface area contributed by atoms with Gasteiger partial charge in [-0.3, -0.25) is 4.90 Å². The molecular formula is C32H46N2O8. The molecule has 10 nitrogen and oxygen atoms in total. The van der Waals surface area contributed by atoms with E-state index in [0.717, 1.165) is 19.3 Å². The number of carbonyl (C=O) groups excluding carboxylic acids is 1. The van der Waals surface area contributed by atoms with Gasteiger partial charge in [-0.1, -0.05) is 19.1 Å². The first-order valence-electron chi connectivity index (χ1n) is 15.5. The first-order valence-corrected chi connectivity index (χ1v) is 15.5. The molecule has 5 saturated carbocycles. The average molecular weight is 587 g/mol. The fourth-order valence-electron chi connectivity index (χ4n) is 12.0. The minimum atomic E-state index is -1.62. The van der Waals surface area contributed by atoms with E-state index in [4.69, 9.17) is 29.4 Å². The van der Waals surface area contributed by atoms with E-state index >= 15 is 0 Å². The SMILES string of the molecule is CCN1C[C@]2(COC(=O)c3ccccc3N)CC[C@@H](OC)[C@]34C5C[C@@H]6[C@@H](OC)C[C@@](O)(C5[C@H]6OC)[C@](O)(C13)[C@@H](OC)C24. The van der Waals surface area contributed by atoms with E-state index in [1.807, 2.05) is 0 Å². The summed E-state index contributed by atoms with van der Waals surface area (Å²) in [5.41, 5.74) is 2.65. The van der Waals surface area contributed by atoms with E-state index < -0.39 is 40.1 Å². The lowest BCUT2D eigenvalue weighted by Crippen LogP contribution is -2.82. The Bertz CT molecular complexity index is 1250. The van der Waals surface area contributed by atoms with Crippen LogP contribution in [0.4, 0.5) is 5.69 Å². The zero-order valence-corrected chi connectivity index (χ0v) is 25.3. The summed E-state index contributed by atoms with van der Waals surface area (Å²) in [7, 11) is 6.80. The highest BCUT2D eigenvalue weighted by Crippen LogP contribution is 2.80. The third-order valence-corrected chi connectivity index (χ3v) is 13.0. The molecule has 1 aromatic carbocycles. The molecule has 4 unspecified atom stereocenters. The Kier molecular flexibility index (Phi) is 6.62. The molecule has 0 radical (unpaired) electrons. The normalized spacial score (nSPS) is 50.1. The highest BCUT2D eigenvalue weighted by atomic mass is 16.5. The summed E-state index contributed by atoms with van der Waals surface area (Å²) < 4.78 is 31.1. The average Bonchev–Trinajstić information content (AvgIpc) is 3.41. The van der Waals surface area contributed by atoms with Crippen LogP contribution in [0.2, 0.25) is 0 Å². The molecule has 7 rings (SSSR count). The molecule has 232 valence electrons. The van der Waals surface area contributed by atoms with E-state index in [1.165, 1.54) is 0 Å². The number of nitrogens with zero attached hydrogens (tertiary/aromatic N) is 1. The number of anilines is 1. The number of methoxy groups -OCH3 is 4. The van der Waals surface area contributed by atoms with Gasteiger partial charge >= 0.3 is 5.97 Å². The molecule has 6 aliphatic rings. The number of aliphatic hydroxyl groups is 2. The molecule has 13 atom stereocenters. The van der Waals surface area contributed by atoms with Gasteiger partial charge in [-0.2, -0.15) is 0 Å². The molecule has 4 N–H and O–H groups in total. The van der Waals surface area contributed by atoms with Gasteiger partial charge in [-0.25, -0.2) is 4.79 Å². The predicted molar refractivity (Wildman–Crippen MR) is 153 cm³/mol. The van der Waals surface area contributed by atoms with Gasteiger partial charge in [-0.05, 0) is 43.9 Å². The lowest BCUT2D eigenvalue weighted by atomic mass is 9.42. The van der Waals surface area contributed by atoms with Crippen molar-refractivity contribution in [2.75, 3.05) is 53.9 Å². The van der Waals surface area contributed by atoms with Gasteiger partial charge in [-0.15, -0.1) is 0 Å². The third-order valence-electron chi connectivity index (χ3n) is 13.0. The first-order chi connectivity index (χ1) is 20.1. The van der Waals surface area contributed by atoms with Crippen LogP contribution in [0.25, 0.3) is 0 Å². The number of rotatable bonds is 8. The molecule has 42 heavy (non-hydrogen) atoms. The number of carbonyl (C=O) groups is 1. The Morgan fingerprint density at radius 3 is 2.50 bits per heavy atom. The lowest BCUT2D eigenvalue weighted by Gasteiger charge is -2.70. The summed E-state index contributed by atoms with van der Waals surface area (Å²) in [6, 6.07) is 6.55. The molecule has 1 aromatic rings. The van der Waals surface area contributed by atoms with Crippen molar-refractivity contribution in [3.05, 3.63) is 29.8 Å². The van der Waals surface area contributed by atoms with Crippen molar-refractivity contribution in [2.24, 2.45) is 34.5 Å². The van der Waals surface area contributed by atoms with E-state index in [-0.39, 0.29) is 48.6 Å². The largest absolute Gasteiger partial charge is 0.461 e. The van der Waals surface area contributed by atoms with Crippen LogP contribution >= 0.6 is 0 Å². The number of nitrogen functional groups attached to an aromatic ring is 1. The van der Waals surface area contributed by atoms with Crippen LogP contribution in [0.15, 0.2) is 24.3 Å². The molecule has 6 fully saturated rings. The zero-order valence-electron chi connectivity index (χ0n) is 25.3. The van der Waals surface area contributed by atoms with Crippen molar-refractivity contribution in [3.8, 4) is 0 Å². The number of benzene rings is 1. The summed E-state index contributed by atoms with van der Waals surface area (Å²) in [5, 5.41) is 26.3. The van der Waals surface area contributed by atoms with Gasteiger partial charge in [0.1, 0.15) is 11.2 Å². The molecule has 1 heterocycles. The van der Waals surface area contributed by atoms with Crippen molar-refractivity contribution < 1.29 is 38.7 Å². The number of para-hydroxylation sites is 1. The van der Waals surface area contributed by atoms with Crippen LogP contribution < -0.4 is 5.73 Å². The van der Waals surface area contributed by atoms with Crippen LogP contribution in [0.3, 0.4) is 0 Å².